The molecule has 5 N–H and O–H groups in total. The maximum Gasteiger partial charge on any atom is 0.274 e. The van der Waals surface area contributed by atoms with Crippen LogP contribution in [0.3, 0.4) is 0 Å². The topological polar surface area (TPSA) is 186 Å². The smallest absolute Gasteiger partial charge is 0.274 e. The molecule has 46 heavy (non-hydrogen) atoms. The fourth-order valence-electron chi connectivity index (χ4n) is 4.29. The van der Waals surface area contributed by atoms with Gasteiger partial charge in [-0.25, -0.2) is 0 Å². The molecule has 1 unspecified atom stereocenters. The van der Waals surface area contributed by atoms with E-state index in [2.05, 4.69) is 26.4 Å². The average molecular weight is 629 g/mol. The van der Waals surface area contributed by atoms with E-state index in [1.54, 1.807) is 31.2 Å². The summed E-state index contributed by atoms with van der Waals surface area (Å²) < 4.78 is 4.92. The Kier molecular flexibility index (Phi) is 12.0. The van der Waals surface area contributed by atoms with Crippen molar-refractivity contribution in [1.29, 1.82) is 5.26 Å². The van der Waals surface area contributed by atoms with E-state index in [4.69, 9.17) is 4.52 Å². The van der Waals surface area contributed by atoms with Crippen molar-refractivity contribution in [3.63, 3.8) is 0 Å². The first-order chi connectivity index (χ1) is 21.6. The number of benzene rings is 2. The average Bonchev–Trinajstić information content (AvgIpc) is 3.43. The summed E-state index contributed by atoms with van der Waals surface area (Å²) in [5.41, 5.74) is 2.56. The summed E-state index contributed by atoms with van der Waals surface area (Å²) in [6.07, 6.45) is 0.225. The van der Waals surface area contributed by atoms with Crippen LogP contribution in [0.4, 0.5) is 0 Å². The highest BCUT2D eigenvalue weighted by Gasteiger charge is 2.31. The molecule has 0 aliphatic heterocycles. The maximum absolute atomic E-state index is 13.4. The van der Waals surface area contributed by atoms with Gasteiger partial charge in [0.2, 0.25) is 11.8 Å². The Morgan fingerprint density at radius 2 is 1.61 bits per heavy atom. The zero-order valence-electron chi connectivity index (χ0n) is 26.8. The van der Waals surface area contributed by atoms with Crippen molar-refractivity contribution in [2.24, 2.45) is 0 Å². The molecule has 2 aromatic carbocycles. The van der Waals surface area contributed by atoms with Crippen molar-refractivity contribution in [3.8, 4) is 6.07 Å². The summed E-state index contributed by atoms with van der Waals surface area (Å²) in [4.78, 5) is 51.9. The predicted molar refractivity (Wildman–Crippen MR) is 171 cm³/mol. The van der Waals surface area contributed by atoms with Gasteiger partial charge in [-0.1, -0.05) is 59.3 Å². The van der Waals surface area contributed by atoms with Crippen molar-refractivity contribution in [2.45, 2.75) is 78.2 Å². The van der Waals surface area contributed by atoms with Gasteiger partial charge in [-0.15, -0.1) is 0 Å². The lowest BCUT2D eigenvalue weighted by atomic mass is 10.0. The molecule has 3 rings (SSSR count). The maximum atomic E-state index is 13.4. The van der Waals surface area contributed by atoms with E-state index in [1.165, 1.54) is 19.1 Å². The van der Waals surface area contributed by atoms with Crippen LogP contribution in [0.2, 0.25) is 0 Å². The van der Waals surface area contributed by atoms with Crippen molar-refractivity contribution >= 4 is 29.7 Å². The third kappa shape index (κ3) is 10.7. The van der Waals surface area contributed by atoms with Gasteiger partial charge in [0.05, 0.1) is 6.10 Å². The number of hydrogen-bond donors (Lipinski definition) is 5. The van der Waals surface area contributed by atoms with E-state index in [1.807, 2.05) is 58.0 Å². The van der Waals surface area contributed by atoms with Gasteiger partial charge >= 0.3 is 0 Å². The second-order valence-electron chi connectivity index (χ2n) is 12.1. The summed E-state index contributed by atoms with van der Waals surface area (Å²) in [5, 5.41) is 34.2. The highest BCUT2D eigenvalue weighted by atomic mass is 16.5. The van der Waals surface area contributed by atoms with Gasteiger partial charge in [0.25, 0.3) is 11.8 Å². The number of aromatic nitrogens is 1. The van der Waals surface area contributed by atoms with Gasteiger partial charge in [0.1, 0.15) is 29.5 Å². The standard InChI is InChI=1S/C34H40N6O6/c1-20-7-9-25(10-8-20)19-36-31(43)27(37-33(45)29(22(3)41)38-32(44)28-15-21(2)46-40-28)17-24-13-11-23(12-14-24)16-26(18-35)30(42)39-34(4,5)6/h7-16,22,27,29,41H,17,19H2,1-6H3,(H,36,43)(H,37,45)(H,38,44)(H,39,42)/t22-,27?,29+/m1/s1. The Labute approximate surface area is 268 Å². The molecule has 0 aliphatic carbocycles. The highest BCUT2D eigenvalue weighted by molar-refractivity contribution is 6.02. The number of nitrogens with zero attached hydrogens (tertiary/aromatic N) is 2. The molecule has 0 aliphatic rings. The molecule has 242 valence electrons. The van der Waals surface area contributed by atoms with Gasteiger partial charge in [0, 0.05) is 24.6 Å². The lowest BCUT2D eigenvalue weighted by Crippen LogP contribution is -2.57. The molecule has 12 nitrogen and oxygen atoms in total. The number of carbonyl (C=O) groups excluding carboxylic acids is 4. The number of aliphatic hydroxyl groups is 1. The van der Waals surface area contributed by atoms with Gasteiger partial charge in [0.15, 0.2) is 5.69 Å². The minimum atomic E-state index is -1.40. The minimum absolute atomic E-state index is 0.0599. The molecule has 0 saturated heterocycles. The molecular weight excluding hydrogens is 588 g/mol. The zero-order valence-corrected chi connectivity index (χ0v) is 26.8. The van der Waals surface area contributed by atoms with Crippen molar-refractivity contribution in [3.05, 3.63) is 93.9 Å². The normalized spacial score (nSPS) is 13.5. The second kappa shape index (κ2) is 15.6. The third-order valence-electron chi connectivity index (χ3n) is 6.72. The Balaban J connectivity index is 1.80. The molecule has 1 aromatic heterocycles. The van der Waals surface area contributed by atoms with Gasteiger partial charge < -0.3 is 30.9 Å². The second-order valence-corrected chi connectivity index (χ2v) is 12.1. The van der Waals surface area contributed by atoms with Crippen LogP contribution in [0.25, 0.3) is 6.08 Å². The molecule has 12 heteroatoms. The monoisotopic (exact) mass is 628 g/mol. The number of hydrogen-bond acceptors (Lipinski definition) is 8. The molecular formula is C34H40N6O6. The Bertz CT molecular complexity index is 1610. The summed E-state index contributed by atoms with van der Waals surface area (Å²) >= 11 is 0. The van der Waals surface area contributed by atoms with E-state index in [9.17, 15) is 29.5 Å². The van der Waals surface area contributed by atoms with Gasteiger partial charge in [-0.05, 0) is 64.3 Å². The molecule has 0 radical (unpaired) electrons. The summed E-state index contributed by atoms with van der Waals surface area (Å²) in [5.74, 6) is -2.08. The van der Waals surface area contributed by atoms with Crippen LogP contribution >= 0.6 is 0 Å². The molecule has 3 atom stereocenters. The SMILES string of the molecule is Cc1ccc(CNC(=O)C(Cc2ccc(C=C(C#N)C(=O)NC(C)(C)C)cc2)NC(=O)[C@@H](NC(=O)c2cc(C)on2)[C@@H](C)O)cc1. The number of amides is 4. The van der Waals surface area contributed by atoms with Crippen molar-refractivity contribution in [2.75, 3.05) is 0 Å². The molecule has 0 saturated carbocycles. The third-order valence-corrected chi connectivity index (χ3v) is 6.72. The summed E-state index contributed by atoms with van der Waals surface area (Å²) in [7, 11) is 0. The first-order valence-corrected chi connectivity index (χ1v) is 14.7. The lowest BCUT2D eigenvalue weighted by molar-refractivity contribution is -0.131. The van der Waals surface area contributed by atoms with Crippen LogP contribution in [-0.2, 0) is 27.3 Å². The molecule has 0 spiro atoms. The zero-order chi connectivity index (χ0) is 34.0. The van der Waals surface area contributed by atoms with E-state index in [-0.39, 0.29) is 24.2 Å². The van der Waals surface area contributed by atoms with Crippen LogP contribution < -0.4 is 21.3 Å². The van der Waals surface area contributed by atoms with Gasteiger partial charge in [-0.2, -0.15) is 5.26 Å². The molecule has 0 fully saturated rings. The molecule has 3 aromatic rings. The molecule has 1 heterocycles. The predicted octanol–water partition coefficient (Wildman–Crippen LogP) is 2.64. The first kappa shape index (κ1) is 35.2. The Hall–Kier alpha value is -5.28. The summed E-state index contributed by atoms with van der Waals surface area (Å²) in [6.45, 7) is 10.6. The lowest BCUT2D eigenvalue weighted by Gasteiger charge is -2.24. The van der Waals surface area contributed by atoms with E-state index in [0.29, 0.717) is 16.9 Å². The Morgan fingerprint density at radius 3 is 2.15 bits per heavy atom. The molecule has 0 bridgehead atoms. The Morgan fingerprint density at radius 1 is 0.978 bits per heavy atom. The number of nitriles is 1. The van der Waals surface area contributed by atoms with Crippen LogP contribution in [0.15, 0.2) is 64.7 Å². The minimum Gasteiger partial charge on any atom is -0.391 e. The van der Waals surface area contributed by atoms with Crippen LogP contribution in [0.5, 0.6) is 0 Å². The number of carbonyl (C=O) groups is 4. The van der Waals surface area contributed by atoms with Crippen LogP contribution in [-0.4, -0.2) is 57.6 Å². The number of nitrogens with one attached hydrogen (secondary N) is 4. The number of aryl methyl sites for hydroxylation is 2. The largest absolute Gasteiger partial charge is 0.391 e. The van der Waals surface area contributed by atoms with E-state index >= 15 is 0 Å². The number of aliphatic hydroxyl groups excluding tert-OH is 1. The van der Waals surface area contributed by atoms with Crippen molar-refractivity contribution < 1.29 is 28.8 Å². The van der Waals surface area contributed by atoms with Gasteiger partial charge in [-0.3, -0.25) is 19.2 Å². The fraction of sp³-hybridized carbons (Fsp3) is 0.353. The van der Waals surface area contributed by atoms with Crippen molar-refractivity contribution in [1.82, 2.24) is 26.4 Å². The number of rotatable bonds is 12. The highest BCUT2D eigenvalue weighted by Crippen LogP contribution is 2.13. The quantitative estimate of drug-likeness (QED) is 0.150. The van der Waals surface area contributed by atoms with E-state index < -0.39 is 47.4 Å². The first-order valence-electron chi connectivity index (χ1n) is 14.7. The fourth-order valence-corrected chi connectivity index (χ4v) is 4.29. The molecule has 4 amide bonds. The van der Waals surface area contributed by atoms with Crippen LogP contribution in [0.1, 0.15) is 66.2 Å². The van der Waals surface area contributed by atoms with E-state index in [0.717, 1.165) is 11.1 Å². The summed E-state index contributed by atoms with van der Waals surface area (Å²) in [6, 6.07) is 15.3. The van der Waals surface area contributed by atoms with Crippen LogP contribution in [0, 0.1) is 25.2 Å².